The molecule has 3 rings (SSSR count). The molecule has 0 radical (unpaired) electrons. The minimum Gasteiger partial charge on any atom is -0.363 e. The summed E-state index contributed by atoms with van der Waals surface area (Å²) in [6, 6.07) is 6.39. The number of hydrogen-bond acceptors (Lipinski definition) is 6. The highest BCUT2D eigenvalue weighted by molar-refractivity contribution is 7.90. The molecule has 11 heteroatoms. The third kappa shape index (κ3) is 5.53. The number of urea groups is 1. The Hall–Kier alpha value is -3.47. The predicted molar refractivity (Wildman–Crippen MR) is 130 cm³/mol. The number of anilines is 2. The molecule has 0 saturated heterocycles. The van der Waals surface area contributed by atoms with E-state index in [0.717, 1.165) is 0 Å². The molecular weight excluding hydrogens is 459 g/mol. The first-order valence-electron chi connectivity index (χ1n) is 10.7. The molecule has 0 aliphatic heterocycles. The monoisotopic (exact) mass is 488 g/mol. The predicted octanol–water partition coefficient (Wildman–Crippen LogP) is 4.36. The lowest BCUT2D eigenvalue weighted by atomic mass is 9.94. The fourth-order valence-electron chi connectivity index (χ4n) is 3.35. The quantitative estimate of drug-likeness (QED) is 0.511. The molecule has 0 atom stereocenters. The van der Waals surface area contributed by atoms with Crippen LogP contribution in [-0.4, -0.2) is 43.3 Å². The standard InChI is InChI=1S/C23H29FN6O3S/c1-14(2)18-12-17(24)13-19(16-7-9-25-20(11-16)29(5)6)22(18)26-23(31)28-34(32,33)21-8-10-30(27-21)15(3)4/h7-15H,1-6H3,(H2,26,28,31). The molecule has 9 nitrogen and oxygen atoms in total. The number of aromatic nitrogens is 3. The Labute approximate surface area is 199 Å². The van der Waals surface area contributed by atoms with Crippen LogP contribution >= 0.6 is 0 Å². The van der Waals surface area contributed by atoms with E-state index >= 15 is 0 Å². The molecule has 0 fully saturated rings. The molecule has 0 bridgehead atoms. The molecule has 2 heterocycles. The van der Waals surface area contributed by atoms with Gasteiger partial charge < -0.3 is 10.2 Å². The highest BCUT2D eigenvalue weighted by Crippen LogP contribution is 2.36. The topological polar surface area (TPSA) is 109 Å². The molecule has 2 aromatic heterocycles. The summed E-state index contributed by atoms with van der Waals surface area (Å²) < 4.78 is 43.4. The Bertz CT molecular complexity index is 1300. The molecule has 0 aliphatic rings. The fourth-order valence-corrected chi connectivity index (χ4v) is 4.19. The molecule has 34 heavy (non-hydrogen) atoms. The Balaban J connectivity index is 1.99. The van der Waals surface area contributed by atoms with Crippen LogP contribution in [0.5, 0.6) is 0 Å². The van der Waals surface area contributed by atoms with E-state index in [1.54, 1.807) is 23.2 Å². The van der Waals surface area contributed by atoms with E-state index in [9.17, 15) is 17.6 Å². The van der Waals surface area contributed by atoms with Gasteiger partial charge in [0.15, 0.2) is 5.03 Å². The number of nitrogens with zero attached hydrogens (tertiary/aromatic N) is 4. The summed E-state index contributed by atoms with van der Waals surface area (Å²) in [4.78, 5) is 18.9. The van der Waals surface area contributed by atoms with E-state index < -0.39 is 21.9 Å². The molecule has 0 spiro atoms. The highest BCUT2D eigenvalue weighted by Gasteiger charge is 2.24. The number of nitrogens with one attached hydrogen (secondary N) is 2. The smallest absolute Gasteiger partial charge is 0.333 e. The number of sulfonamides is 1. The van der Waals surface area contributed by atoms with Crippen molar-refractivity contribution in [1.29, 1.82) is 0 Å². The van der Waals surface area contributed by atoms with Crippen LogP contribution in [0, 0.1) is 5.82 Å². The van der Waals surface area contributed by atoms with Gasteiger partial charge in [-0.15, -0.1) is 0 Å². The van der Waals surface area contributed by atoms with Gasteiger partial charge >= 0.3 is 6.03 Å². The molecular formula is C23H29FN6O3S. The molecule has 0 aliphatic carbocycles. The van der Waals surface area contributed by atoms with Crippen molar-refractivity contribution >= 4 is 27.6 Å². The van der Waals surface area contributed by atoms with E-state index in [-0.39, 0.29) is 17.0 Å². The largest absolute Gasteiger partial charge is 0.363 e. The van der Waals surface area contributed by atoms with Crippen molar-refractivity contribution in [3.8, 4) is 11.1 Å². The fraction of sp³-hybridized carbons (Fsp3) is 0.348. The van der Waals surface area contributed by atoms with Gasteiger partial charge in [-0.05, 0) is 61.2 Å². The van der Waals surface area contributed by atoms with Gasteiger partial charge in [-0.2, -0.15) is 13.5 Å². The van der Waals surface area contributed by atoms with Crippen LogP contribution in [0.1, 0.15) is 45.2 Å². The Morgan fingerprint density at radius 2 is 1.82 bits per heavy atom. The summed E-state index contributed by atoms with van der Waals surface area (Å²) in [5.41, 5.74) is 1.86. The maximum absolute atomic E-state index is 14.5. The molecule has 3 aromatic rings. The lowest BCUT2D eigenvalue weighted by molar-refractivity contribution is 0.256. The van der Waals surface area contributed by atoms with Crippen molar-refractivity contribution < 1.29 is 17.6 Å². The first-order valence-corrected chi connectivity index (χ1v) is 12.2. The van der Waals surface area contributed by atoms with Crippen LogP contribution in [0.25, 0.3) is 11.1 Å². The van der Waals surface area contributed by atoms with Gasteiger partial charge in [0.2, 0.25) is 0 Å². The summed E-state index contributed by atoms with van der Waals surface area (Å²) in [7, 11) is -0.556. The van der Waals surface area contributed by atoms with Gasteiger partial charge in [0.05, 0.1) is 5.69 Å². The zero-order valence-corrected chi connectivity index (χ0v) is 20.8. The van der Waals surface area contributed by atoms with Crippen LogP contribution in [-0.2, 0) is 10.0 Å². The molecule has 0 unspecified atom stereocenters. The highest BCUT2D eigenvalue weighted by atomic mass is 32.2. The number of amides is 2. The minimum absolute atomic E-state index is 0.0411. The summed E-state index contributed by atoms with van der Waals surface area (Å²) >= 11 is 0. The maximum atomic E-state index is 14.5. The SMILES string of the molecule is CC(C)c1cc(F)cc(-c2ccnc(N(C)C)c2)c1NC(=O)NS(=O)(=O)c1ccn(C(C)C)n1. The van der Waals surface area contributed by atoms with Crippen LogP contribution in [0.4, 0.5) is 20.7 Å². The normalized spacial score (nSPS) is 11.7. The van der Waals surface area contributed by atoms with Crippen molar-refractivity contribution in [2.75, 3.05) is 24.3 Å². The van der Waals surface area contributed by atoms with Crippen molar-refractivity contribution in [3.05, 3.63) is 54.1 Å². The first-order chi connectivity index (χ1) is 15.9. The zero-order chi connectivity index (χ0) is 25.2. The summed E-state index contributed by atoms with van der Waals surface area (Å²) in [6.07, 6.45) is 3.11. The first kappa shape index (κ1) is 25.2. The lowest BCUT2D eigenvalue weighted by Crippen LogP contribution is -2.35. The van der Waals surface area contributed by atoms with E-state index in [1.165, 1.54) is 29.1 Å². The average Bonchev–Trinajstić information content (AvgIpc) is 3.26. The molecule has 2 N–H and O–H groups in total. The summed E-state index contributed by atoms with van der Waals surface area (Å²) in [6.45, 7) is 7.42. The number of rotatable bonds is 7. The van der Waals surface area contributed by atoms with Crippen LogP contribution in [0.3, 0.4) is 0 Å². The number of hydrogen-bond donors (Lipinski definition) is 2. The minimum atomic E-state index is -4.21. The van der Waals surface area contributed by atoms with E-state index in [0.29, 0.717) is 28.2 Å². The van der Waals surface area contributed by atoms with Crippen LogP contribution < -0.4 is 14.9 Å². The number of carbonyl (C=O) groups excluding carboxylic acids is 1. The van der Waals surface area contributed by atoms with Crippen LogP contribution in [0.15, 0.2) is 47.8 Å². The van der Waals surface area contributed by atoms with E-state index in [4.69, 9.17) is 0 Å². The Morgan fingerprint density at radius 1 is 1.12 bits per heavy atom. The third-order valence-electron chi connectivity index (χ3n) is 5.12. The van der Waals surface area contributed by atoms with Crippen molar-refractivity contribution in [1.82, 2.24) is 19.5 Å². The molecule has 182 valence electrons. The van der Waals surface area contributed by atoms with Crippen LogP contribution in [0.2, 0.25) is 0 Å². The van der Waals surface area contributed by atoms with E-state index in [1.807, 2.05) is 46.5 Å². The number of halogens is 1. The molecule has 1 aromatic carbocycles. The maximum Gasteiger partial charge on any atom is 0.333 e. The third-order valence-corrected chi connectivity index (χ3v) is 6.35. The molecule has 0 saturated carbocycles. The summed E-state index contributed by atoms with van der Waals surface area (Å²) in [5.74, 6) is 0.0181. The van der Waals surface area contributed by atoms with Gasteiger partial charge in [0, 0.05) is 38.1 Å². The summed E-state index contributed by atoms with van der Waals surface area (Å²) in [5, 5.41) is 6.37. The second-order valence-electron chi connectivity index (χ2n) is 8.66. The van der Waals surface area contributed by atoms with E-state index in [2.05, 4.69) is 15.4 Å². The van der Waals surface area contributed by atoms with Crippen molar-refractivity contribution in [3.63, 3.8) is 0 Å². The van der Waals surface area contributed by atoms with Gasteiger partial charge in [-0.1, -0.05) is 13.8 Å². The van der Waals surface area contributed by atoms with Crippen molar-refractivity contribution in [2.45, 2.75) is 44.7 Å². The Morgan fingerprint density at radius 3 is 2.41 bits per heavy atom. The molecule has 2 amide bonds. The van der Waals surface area contributed by atoms with Gasteiger partial charge in [0.1, 0.15) is 11.6 Å². The Kier molecular flexibility index (Phi) is 7.25. The van der Waals surface area contributed by atoms with Gasteiger partial charge in [-0.3, -0.25) is 4.68 Å². The van der Waals surface area contributed by atoms with Crippen molar-refractivity contribution in [2.24, 2.45) is 0 Å². The number of benzene rings is 1. The number of pyridine rings is 1. The number of carbonyl (C=O) groups is 1. The lowest BCUT2D eigenvalue weighted by Gasteiger charge is -2.20. The second-order valence-corrected chi connectivity index (χ2v) is 10.3. The van der Waals surface area contributed by atoms with Gasteiger partial charge in [0.25, 0.3) is 10.0 Å². The van der Waals surface area contributed by atoms with Gasteiger partial charge in [-0.25, -0.2) is 18.9 Å². The average molecular weight is 489 g/mol. The zero-order valence-electron chi connectivity index (χ0n) is 20.0. The second kappa shape index (κ2) is 9.80.